The molecule has 0 spiro atoms. The van der Waals surface area contributed by atoms with Crippen molar-refractivity contribution in [2.24, 2.45) is 0 Å². The van der Waals surface area contributed by atoms with Crippen molar-refractivity contribution in [3.63, 3.8) is 0 Å². The van der Waals surface area contributed by atoms with E-state index in [-0.39, 0.29) is 12.6 Å². The number of furan rings is 2. The van der Waals surface area contributed by atoms with Crippen LogP contribution in [0.4, 0.5) is 0 Å². The fourth-order valence-corrected chi connectivity index (χ4v) is 2.85. The monoisotopic (exact) mass is 348 g/mol. The second-order valence-corrected chi connectivity index (χ2v) is 5.81. The highest BCUT2D eigenvalue weighted by Gasteiger charge is 2.29. The normalized spacial score (nSPS) is 16.3. The summed E-state index contributed by atoms with van der Waals surface area (Å²) in [6.45, 7) is 3.48. The van der Waals surface area contributed by atoms with Gasteiger partial charge in [0.25, 0.3) is 0 Å². The van der Waals surface area contributed by atoms with E-state index in [1.165, 1.54) is 11.2 Å². The van der Waals surface area contributed by atoms with Crippen LogP contribution < -0.4 is 15.5 Å². The Hall–Kier alpha value is -2.58. The van der Waals surface area contributed by atoms with Gasteiger partial charge in [0, 0.05) is 0 Å². The molecule has 0 radical (unpaired) electrons. The second-order valence-electron chi connectivity index (χ2n) is 5.81. The molecule has 8 nitrogen and oxygen atoms in total. The third-order valence-electron chi connectivity index (χ3n) is 4.19. The van der Waals surface area contributed by atoms with Crippen molar-refractivity contribution in [3.05, 3.63) is 48.3 Å². The quantitative estimate of drug-likeness (QED) is 0.598. The van der Waals surface area contributed by atoms with Gasteiger partial charge in [0.15, 0.2) is 11.8 Å². The SMILES string of the molecule is O=C(NCc1ccco1)C(=O)NC[C@H](c1ccco1)[NH+]1CCOCC1. The average molecular weight is 348 g/mol. The van der Waals surface area contributed by atoms with Crippen LogP contribution in [0, 0.1) is 0 Å². The summed E-state index contributed by atoms with van der Waals surface area (Å²) >= 11 is 0. The predicted molar refractivity (Wildman–Crippen MR) is 86.5 cm³/mol. The van der Waals surface area contributed by atoms with Gasteiger partial charge in [0.1, 0.15) is 18.8 Å². The highest BCUT2D eigenvalue weighted by atomic mass is 16.5. The maximum absolute atomic E-state index is 12.0. The zero-order valence-electron chi connectivity index (χ0n) is 13.8. The number of hydrogen-bond donors (Lipinski definition) is 3. The lowest BCUT2D eigenvalue weighted by atomic mass is 10.1. The predicted octanol–water partition coefficient (Wildman–Crippen LogP) is -0.739. The topological polar surface area (TPSA) is 98.2 Å². The number of carbonyl (C=O) groups excluding carboxylic acids is 2. The van der Waals surface area contributed by atoms with Crippen LogP contribution in [0.2, 0.25) is 0 Å². The third kappa shape index (κ3) is 4.71. The van der Waals surface area contributed by atoms with Crippen molar-refractivity contribution in [2.45, 2.75) is 12.6 Å². The van der Waals surface area contributed by atoms with Gasteiger partial charge in [-0.3, -0.25) is 9.59 Å². The van der Waals surface area contributed by atoms with E-state index in [0.29, 0.717) is 25.5 Å². The van der Waals surface area contributed by atoms with E-state index in [4.69, 9.17) is 13.6 Å². The van der Waals surface area contributed by atoms with Crippen molar-refractivity contribution in [3.8, 4) is 0 Å². The molecule has 25 heavy (non-hydrogen) atoms. The molecular formula is C17H22N3O5+. The minimum absolute atomic E-state index is 0.0549. The smallest absolute Gasteiger partial charge is 0.309 e. The Morgan fingerprint density at radius 2 is 1.76 bits per heavy atom. The summed E-state index contributed by atoms with van der Waals surface area (Å²) in [6, 6.07) is 7.10. The first-order chi connectivity index (χ1) is 12.2. The molecule has 0 unspecified atom stereocenters. The fourth-order valence-electron chi connectivity index (χ4n) is 2.85. The molecule has 1 fully saturated rings. The first-order valence-corrected chi connectivity index (χ1v) is 8.28. The number of rotatable bonds is 6. The van der Waals surface area contributed by atoms with Gasteiger partial charge in [-0.05, 0) is 24.3 Å². The Bertz CT molecular complexity index is 663. The molecule has 3 rings (SSSR count). The van der Waals surface area contributed by atoms with Crippen LogP contribution in [0.15, 0.2) is 45.6 Å². The number of hydrogen-bond acceptors (Lipinski definition) is 5. The summed E-state index contributed by atoms with van der Waals surface area (Å²) in [5.41, 5.74) is 0. The molecular weight excluding hydrogens is 326 g/mol. The maximum atomic E-state index is 12.0. The van der Waals surface area contributed by atoms with Crippen molar-refractivity contribution in [2.75, 3.05) is 32.8 Å². The van der Waals surface area contributed by atoms with Gasteiger partial charge in [0.2, 0.25) is 0 Å². The lowest BCUT2D eigenvalue weighted by Gasteiger charge is -2.30. The second kappa shape index (κ2) is 8.50. The number of morpholine rings is 1. The first kappa shape index (κ1) is 17.2. The number of quaternary nitrogens is 1. The Morgan fingerprint density at radius 1 is 1.04 bits per heavy atom. The maximum Gasteiger partial charge on any atom is 0.309 e. The van der Waals surface area contributed by atoms with Crippen LogP contribution in [0.5, 0.6) is 0 Å². The molecule has 1 aliphatic heterocycles. The molecule has 3 N–H and O–H groups in total. The molecule has 1 atom stereocenters. The Kier molecular flexibility index (Phi) is 5.86. The van der Waals surface area contributed by atoms with Gasteiger partial charge < -0.3 is 29.1 Å². The summed E-state index contributed by atoms with van der Waals surface area (Å²) in [5, 5.41) is 5.22. The lowest BCUT2D eigenvalue weighted by molar-refractivity contribution is -0.938. The molecule has 2 aromatic heterocycles. The number of nitrogens with one attached hydrogen (secondary N) is 3. The van der Waals surface area contributed by atoms with Gasteiger partial charge in [-0.15, -0.1) is 0 Å². The lowest BCUT2D eigenvalue weighted by Crippen LogP contribution is -3.15. The largest absolute Gasteiger partial charge is 0.467 e. The van der Waals surface area contributed by atoms with E-state index < -0.39 is 11.8 Å². The van der Waals surface area contributed by atoms with Gasteiger partial charge in [-0.1, -0.05) is 0 Å². The van der Waals surface area contributed by atoms with Crippen molar-refractivity contribution < 1.29 is 28.1 Å². The zero-order valence-corrected chi connectivity index (χ0v) is 13.8. The average Bonchev–Trinajstić information content (AvgIpc) is 3.34. The Balaban J connectivity index is 1.52. The van der Waals surface area contributed by atoms with Crippen LogP contribution in [0.3, 0.4) is 0 Å². The van der Waals surface area contributed by atoms with Crippen LogP contribution in [0.25, 0.3) is 0 Å². The molecule has 0 saturated carbocycles. The van der Waals surface area contributed by atoms with Crippen molar-refractivity contribution in [1.82, 2.24) is 10.6 Å². The highest BCUT2D eigenvalue weighted by molar-refractivity contribution is 6.35. The summed E-state index contributed by atoms with van der Waals surface area (Å²) in [7, 11) is 0. The number of amides is 2. The van der Waals surface area contributed by atoms with Gasteiger partial charge >= 0.3 is 11.8 Å². The van der Waals surface area contributed by atoms with Crippen molar-refractivity contribution >= 4 is 11.8 Å². The molecule has 0 aliphatic carbocycles. The Morgan fingerprint density at radius 3 is 2.44 bits per heavy atom. The van der Waals surface area contributed by atoms with Crippen LogP contribution in [0.1, 0.15) is 17.6 Å². The minimum atomic E-state index is -0.688. The van der Waals surface area contributed by atoms with Gasteiger partial charge in [-0.2, -0.15) is 0 Å². The summed E-state index contributed by atoms with van der Waals surface area (Å²) in [5.74, 6) is 0.0166. The molecule has 3 heterocycles. The van der Waals surface area contributed by atoms with E-state index in [1.807, 2.05) is 12.1 Å². The number of ether oxygens (including phenoxy) is 1. The van der Waals surface area contributed by atoms with Crippen molar-refractivity contribution in [1.29, 1.82) is 0 Å². The molecule has 8 heteroatoms. The molecule has 134 valence electrons. The molecule has 2 amide bonds. The fraction of sp³-hybridized carbons (Fsp3) is 0.412. The van der Waals surface area contributed by atoms with Crippen LogP contribution in [-0.4, -0.2) is 44.7 Å². The standard InChI is InChI=1S/C17H21N3O5/c21-16(18-11-13-3-1-7-24-13)17(22)19-12-14(15-4-2-8-25-15)20-5-9-23-10-6-20/h1-4,7-8,14H,5-6,9-12H2,(H,18,21)(H,19,22)/p+1/t14-/m1/s1. The van der Waals surface area contributed by atoms with E-state index in [9.17, 15) is 9.59 Å². The van der Waals surface area contributed by atoms with Crippen LogP contribution >= 0.6 is 0 Å². The molecule has 0 bridgehead atoms. The van der Waals surface area contributed by atoms with E-state index in [1.54, 1.807) is 18.4 Å². The van der Waals surface area contributed by atoms with Gasteiger partial charge in [-0.25, -0.2) is 0 Å². The van der Waals surface area contributed by atoms with E-state index >= 15 is 0 Å². The Labute approximate surface area is 145 Å². The summed E-state index contributed by atoms with van der Waals surface area (Å²) in [6.07, 6.45) is 3.13. The first-order valence-electron chi connectivity index (χ1n) is 8.28. The number of carbonyl (C=O) groups is 2. The zero-order chi connectivity index (χ0) is 17.5. The summed E-state index contributed by atoms with van der Waals surface area (Å²) < 4.78 is 16.0. The van der Waals surface area contributed by atoms with Crippen LogP contribution in [-0.2, 0) is 20.9 Å². The molecule has 2 aromatic rings. The molecule has 0 aromatic carbocycles. The summed E-state index contributed by atoms with van der Waals surface area (Å²) in [4.78, 5) is 25.2. The van der Waals surface area contributed by atoms with E-state index in [2.05, 4.69) is 10.6 Å². The van der Waals surface area contributed by atoms with Gasteiger partial charge in [0.05, 0.1) is 38.8 Å². The molecule has 1 aliphatic rings. The van der Waals surface area contributed by atoms with E-state index in [0.717, 1.165) is 18.8 Å². The third-order valence-corrected chi connectivity index (χ3v) is 4.19. The highest BCUT2D eigenvalue weighted by Crippen LogP contribution is 2.10. The molecule has 1 saturated heterocycles. The minimum Gasteiger partial charge on any atom is -0.467 e.